The number of amides is 1. The minimum atomic E-state index is -0.147. The Labute approximate surface area is 168 Å². The minimum absolute atomic E-state index is 0. The number of halogens is 1. The van der Waals surface area contributed by atoms with Gasteiger partial charge in [0.25, 0.3) is 5.91 Å². The molecule has 0 aliphatic heterocycles. The van der Waals surface area contributed by atoms with Gasteiger partial charge in [0.05, 0.1) is 13.2 Å². The topological polar surface area (TPSA) is 50.8 Å². The van der Waals surface area contributed by atoms with E-state index in [1.807, 2.05) is 62.6 Å². The van der Waals surface area contributed by atoms with Crippen molar-refractivity contribution >= 4 is 18.3 Å². The van der Waals surface area contributed by atoms with Crippen molar-refractivity contribution in [2.24, 2.45) is 0 Å². The molecule has 0 aromatic heterocycles. The van der Waals surface area contributed by atoms with Crippen molar-refractivity contribution in [1.29, 1.82) is 0 Å². The number of ether oxygens (including phenoxy) is 2. The van der Waals surface area contributed by atoms with Gasteiger partial charge in [-0.1, -0.05) is 37.3 Å². The molecule has 6 heteroatoms. The fraction of sp³-hybridized carbons (Fsp3) is 0.381. The number of carbonyl (C=O) groups excluding carboxylic acids is 1. The highest BCUT2D eigenvalue weighted by molar-refractivity contribution is 5.85. The van der Waals surface area contributed by atoms with E-state index in [1.165, 1.54) is 5.56 Å². The molecule has 2 rings (SSSR count). The molecule has 0 radical (unpaired) electrons. The average Bonchev–Trinajstić information content (AvgIpc) is 2.67. The maximum Gasteiger partial charge on any atom is 0.258 e. The first-order chi connectivity index (χ1) is 12.5. The van der Waals surface area contributed by atoms with Gasteiger partial charge in [-0.05, 0) is 44.3 Å². The van der Waals surface area contributed by atoms with E-state index >= 15 is 0 Å². The number of para-hydroxylation sites is 1. The van der Waals surface area contributed by atoms with Gasteiger partial charge in [-0.2, -0.15) is 0 Å². The molecule has 0 aliphatic carbocycles. The van der Waals surface area contributed by atoms with Gasteiger partial charge >= 0.3 is 0 Å². The summed E-state index contributed by atoms with van der Waals surface area (Å²) in [6, 6.07) is 15.7. The van der Waals surface area contributed by atoms with Crippen LogP contribution in [0.15, 0.2) is 48.5 Å². The second-order valence-electron chi connectivity index (χ2n) is 6.31. The van der Waals surface area contributed by atoms with Gasteiger partial charge in [0.15, 0.2) is 6.61 Å². The van der Waals surface area contributed by atoms with Crippen LogP contribution in [0.2, 0.25) is 0 Å². The molecule has 2 aromatic rings. The van der Waals surface area contributed by atoms with Gasteiger partial charge in [-0.3, -0.25) is 4.79 Å². The number of likely N-dealkylation sites (N-methyl/N-ethyl adjacent to an activating group) is 1. The van der Waals surface area contributed by atoms with Crippen LogP contribution in [-0.2, 0) is 11.2 Å². The second-order valence-corrected chi connectivity index (χ2v) is 6.31. The van der Waals surface area contributed by atoms with Gasteiger partial charge in [0.2, 0.25) is 0 Å². The fourth-order valence-electron chi connectivity index (χ4n) is 2.74. The molecule has 148 valence electrons. The zero-order valence-corrected chi connectivity index (χ0v) is 17.2. The van der Waals surface area contributed by atoms with E-state index in [0.29, 0.717) is 12.3 Å². The summed E-state index contributed by atoms with van der Waals surface area (Å²) in [5, 5.41) is 2.95. The van der Waals surface area contributed by atoms with Crippen LogP contribution in [0.25, 0.3) is 0 Å². The average molecular weight is 393 g/mol. The molecule has 1 N–H and O–H groups in total. The summed E-state index contributed by atoms with van der Waals surface area (Å²) in [7, 11) is 5.62. The summed E-state index contributed by atoms with van der Waals surface area (Å²) in [6.07, 6.45) is 0.982. The second kappa shape index (κ2) is 11.5. The molecular formula is C21H29ClN2O3. The smallest absolute Gasteiger partial charge is 0.258 e. The van der Waals surface area contributed by atoms with Gasteiger partial charge in [0.1, 0.15) is 11.5 Å². The number of carbonyl (C=O) groups is 1. The predicted octanol–water partition coefficient (Wildman–Crippen LogP) is 3.48. The SMILES string of the molecule is CCc1ccc(OCC(=O)NCC(c2ccccc2OC)N(C)C)cc1.Cl. The van der Waals surface area contributed by atoms with Crippen LogP contribution >= 0.6 is 12.4 Å². The number of nitrogens with one attached hydrogen (secondary N) is 1. The third-order valence-electron chi connectivity index (χ3n) is 4.32. The monoisotopic (exact) mass is 392 g/mol. The first-order valence-electron chi connectivity index (χ1n) is 8.83. The molecule has 5 nitrogen and oxygen atoms in total. The van der Waals surface area contributed by atoms with Crippen molar-refractivity contribution in [2.75, 3.05) is 34.4 Å². The van der Waals surface area contributed by atoms with Crippen LogP contribution in [-0.4, -0.2) is 45.2 Å². The Morgan fingerprint density at radius 3 is 2.37 bits per heavy atom. The minimum Gasteiger partial charge on any atom is -0.496 e. The van der Waals surface area contributed by atoms with Gasteiger partial charge in [-0.15, -0.1) is 12.4 Å². The number of rotatable bonds is 9. The number of benzene rings is 2. The Bertz CT molecular complexity index is 705. The molecule has 1 atom stereocenters. The molecule has 0 spiro atoms. The Morgan fingerprint density at radius 1 is 1.11 bits per heavy atom. The maximum atomic E-state index is 12.2. The Hall–Kier alpha value is -2.24. The summed E-state index contributed by atoms with van der Waals surface area (Å²) in [6.45, 7) is 2.58. The summed E-state index contributed by atoms with van der Waals surface area (Å²) >= 11 is 0. The number of nitrogens with zero attached hydrogens (tertiary/aromatic N) is 1. The maximum absolute atomic E-state index is 12.2. The Morgan fingerprint density at radius 2 is 1.78 bits per heavy atom. The van der Waals surface area contributed by atoms with Gasteiger partial charge in [-0.25, -0.2) is 0 Å². The summed E-state index contributed by atoms with van der Waals surface area (Å²) < 4.78 is 11.0. The zero-order chi connectivity index (χ0) is 18.9. The molecule has 2 aromatic carbocycles. The summed E-state index contributed by atoms with van der Waals surface area (Å²) in [5.74, 6) is 1.37. The molecule has 1 amide bonds. The van der Waals surface area contributed by atoms with Gasteiger partial charge < -0.3 is 19.7 Å². The lowest BCUT2D eigenvalue weighted by molar-refractivity contribution is -0.123. The van der Waals surface area contributed by atoms with Crippen LogP contribution in [0.3, 0.4) is 0 Å². The number of methoxy groups -OCH3 is 1. The molecule has 0 heterocycles. The van der Waals surface area contributed by atoms with Crippen molar-refractivity contribution in [3.63, 3.8) is 0 Å². The van der Waals surface area contributed by atoms with Crippen LogP contribution in [0.1, 0.15) is 24.1 Å². The number of aryl methyl sites for hydroxylation is 1. The van der Waals surface area contributed by atoms with Crippen LogP contribution in [0, 0.1) is 0 Å². The summed E-state index contributed by atoms with van der Waals surface area (Å²) in [5.41, 5.74) is 2.28. The first-order valence-corrected chi connectivity index (χ1v) is 8.83. The van der Waals surface area contributed by atoms with E-state index in [0.717, 1.165) is 17.7 Å². The van der Waals surface area contributed by atoms with E-state index in [9.17, 15) is 4.79 Å². The number of hydrogen-bond donors (Lipinski definition) is 1. The predicted molar refractivity (Wildman–Crippen MR) is 111 cm³/mol. The molecule has 1 unspecified atom stereocenters. The summed E-state index contributed by atoms with van der Waals surface area (Å²) in [4.78, 5) is 14.2. The lowest BCUT2D eigenvalue weighted by Gasteiger charge is -2.26. The lowest BCUT2D eigenvalue weighted by Crippen LogP contribution is -2.37. The Balaban J connectivity index is 0.00000364. The van der Waals surface area contributed by atoms with Crippen LogP contribution in [0.5, 0.6) is 11.5 Å². The molecule has 0 saturated carbocycles. The van der Waals surface area contributed by atoms with E-state index in [4.69, 9.17) is 9.47 Å². The highest BCUT2D eigenvalue weighted by Crippen LogP contribution is 2.27. The van der Waals surface area contributed by atoms with Gasteiger partial charge in [0, 0.05) is 12.1 Å². The molecule has 0 fully saturated rings. The first kappa shape index (κ1) is 22.8. The molecule has 0 aliphatic rings. The fourth-order valence-corrected chi connectivity index (χ4v) is 2.74. The highest BCUT2D eigenvalue weighted by Gasteiger charge is 2.19. The van der Waals surface area contributed by atoms with Crippen molar-refractivity contribution < 1.29 is 14.3 Å². The zero-order valence-electron chi connectivity index (χ0n) is 16.4. The molecule has 0 saturated heterocycles. The molecular weight excluding hydrogens is 364 g/mol. The van der Waals surface area contributed by atoms with Crippen molar-refractivity contribution in [3.8, 4) is 11.5 Å². The van der Waals surface area contributed by atoms with Crippen LogP contribution in [0.4, 0.5) is 0 Å². The van der Waals surface area contributed by atoms with Crippen molar-refractivity contribution in [2.45, 2.75) is 19.4 Å². The van der Waals surface area contributed by atoms with E-state index in [1.54, 1.807) is 7.11 Å². The third-order valence-corrected chi connectivity index (χ3v) is 4.32. The highest BCUT2D eigenvalue weighted by atomic mass is 35.5. The number of hydrogen-bond acceptors (Lipinski definition) is 4. The normalized spacial score (nSPS) is 11.4. The van der Waals surface area contributed by atoms with E-state index in [2.05, 4.69) is 17.1 Å². The van der Waals surface area contributed by atoms with E-state index in [-0.39, 0.29) is 31.0 Å². The quantitative estimate of drug-likeness (QED) is 0.709. The molecule has 0 bridgehead atoms. The van der Waals surface area contributed by atoms with Crippen molar-refractivity contribution in [1.82, 2.24) is 10.2 Å². The Kier molecular flexibility index (Phi) is 9.68. The largest absolute Gasteiger partial charge is 0.496 e. The lowest BCUT2D eigenvalue weighted by atomic mass is 10.0. The van der Waals surface area contributed by atoms with E-state index < -0.39 is 0 Å². The standard InChI is InChI=1S/C21H28N2O3.ClH/c1-5-16-10-12-17(13-11-16)26-15-21(24)22-14-19(23(2)3)18-8-6-7-9-20(18)25-4;/h6-13,19H,5,14-15H2,1-4H3,(H,22,24);1H. The van der Waals surface area contributed by atoms with Crippen LogP contribution < -0.4 is 14.8 Å². The third kappa shape index (κ3) is 6.77. The molecule has 27 heavy (non-hydrogen) atoms. The van der Waals surface area contributed by atoms with Crippen molar-refractivity contribution in [3.05, 3.63) is 59.7 Å².